The summed E-state index contributed by atoms with van der Waals surface area (Å²) in [5.74, 6) is 0.182. The Kier molecular flexibility index (Phi) is 4.53. The fourth-order valence-electron chi connectivity index (χ4n) is 2.44. The molecule has 118 valence electrons. The third-order valence-corrected chi connectivity index (χ3v) is 6.29. The largest absolute Gasteiger partial charge is 0.301 e. The maximum atomic E-state index is 12.3. The second-order valence-electron chi connectivity index (χ2n) is 5.33. The molecule has 1 fully saturated rings. The van der Waals surface area contributed by atoms with Gasteiger partial charge in [0.05, 0.1) is 10.6 Å². The van der Waals surface area contributed by atoms with Gasteiger partial charge in [-0.1, -0.05) is 6.92 Å². The molecule has 2 unspecified atom stereocenters. The smallest absolute Gasteiger partial charge is 0.258 e. The summed E-state index contributed by atoms with van der Waals surface area (Å²) < 4.78 is 50.9. The Morgan fingerprint density at radius 1 is 1.24 bits per heavy atom. The van der Waals surface area contributed by atoms with E-state index in [0.29, 0.717) is 12.2 Å². The summed E-state index contributed by atoms with van der Waals surface area (Å²) in [6.07, 6.45) is 0.740. The van der Waals surface area contributed by atoms with Crippen molar-refractivity contribution in [1.29, 1.82) is 0 Å². The number of halogens is 1. The molecule has 0 radical (unpaired) electrons. The number of nitrogens with one attached hydrogen (secondary N) is 1. The molecule has 0 saturated carbocycles. The third-order valence-electron chi connectivity index (χ3n) is 3.28. The van der Waals surface area contributed by atoms with Gasteiger partial charge in [0.25, 0.3) is 9.05 Å². The molecule has 0 bridgehead atoms. The Morgan fingerprint density at radius 3 is 2.33 bits per heavy atom. The lowest BCUT2D eigenvalue weighted by Crippen LogP contribution is -2.42. The molecule has 0 aromatic heterocycles. The number of rotatable bonds is 2. The maximum absolute atomic E-state index is 12.3. The molecular weight excluding hydrogens is 336 g/mol. The lowest BCUT2D eigenvalue weighted by atomic mass is 10.0. The van der Waals surface area contributed by atoms with Gasteiger partial charge in [0.1, 0.15) is 0 Å². The lowest BCUT2D eigenvalue weighted by molar-refractivity contribution is 0.488. The van der Waals surface area contributed by atoms with Gasteiger partial charge < -0.3 is 0 Å². The van der Waals surface area contributed by atoms with Gasteiger partial charge in [0.15, 0.2) is 0 Å². The molecule has 1 heterocycles. The highest BCUT2D eigenvalue weighted by molar-refractivity contribution is 8.13. The van der Waals surface area contributed by atoms with Crippen molar-refractivity contribution in [3.05, 3.63) is 24.3 Å². The van der Waals surface area contributed by atoms with Crippen LogP contribution in [-0.4, -0.2) is 29.4 Å². The number of anilines is 1. The molecule has 1 aliphatic rings. The summed E-state index contributed by atoms with van der Waals surface area (Å²) in [6, 6.07) is 5.34. The normalized spacial score (nSPS) is 26.3. The van der Waals surface area contributed by atoms with Gasteiger partial charge in [-0.3, -0.25) is 4.31 Å². The zero-order valence-corrected chi connectivity index (χ0v) is 14.0. The van der Waals surface area contributed by atoms with E-state index in [4.69, 9.17) is 10.7 Å². The molecule has 1 aliphatic heterocycles. The van der Waals surface area contributed by atoms with Crippen LogP contribution < -0.4 is 9.03 Å². The Labute approximate surface area is 129 Å². The van der Waals surface area contributed by atoms with Gasteiger partial charge in [-0.25, -0.2) is 8.42 Å². The summed E-state index contributed by atoms with van der Waals surface area (Å²) in [5, 5.41) is 0. The van der Waals surface area contributed by atoms with Gasteiger partial charge >= 0.3 is 10.2 Å². The van der Waals surface area contributed by atoms with E-state index in [1.165, 1.54) is 28.6 Å². The van der Waals surface area contributed by atoms with Crippen molar-refractivity contribution >= 4 is 35.6 Å². The molecule has 9 heteroatoms. The minimum atomic E-state index is -3.82. The molecule has 6 nitrogen and oxygen atoms in total. The van der Waals surface area contributed by atoms with Gasteiger partial charge in [-0.2, -0.15) is 13.1 Å². The standard InChI is InChI=1S/C12H17ClN2O4S2/c1-9-7-10(2)14-21(18,19)15(8-9)11-3-5-12(6-4-11)20(13,16)17/h3-6,9-10,14H,7-8H2,1-2H3. The van der Waals surface area contributed by atoms with Crippen molar-refractivity contribution in [2.45, 2.75) is 31.2 Å². The average Bonchev–Trinajstić information content (AvgIpc) is 2.43. The number of hydrogen-bond donors (Lipinski definition) is 1. The van der Waals surface area contributed by atoms with Crippen LogP contribution in [0.1, 0.15) is 20.3 Å². The van der Waals surface area contributed by atoms with Gasteiger partial charge in [-0.15, -0.1) is 0 Å². The van der Waals surface area contributed by atoms with Gasteiger partial charge in [-0.05, 0) is 43.5 Å². The Balaban J connectivity index is 2.39. The first kappa shape index (κ1) is 16.5. The van der Waals surface area contributed by atoms with E-state index in [1.54, 1.807) is 0 Å². The van der Waals surface area contributed by atoms with Crippen LogP contribution in [0.15, 0.2) is 29.2 Å². The Hall–Kier alpha value is -0.830. The fraction of sp³-hybridized carbons (Fsp3) is 0.500. The molecule has 1 aromatic carbocycles. The monoisotopic (exact) mass is 352 g/mol. The maximum Gasteiger partial charge on any atom is 0.301 e. The van der Waals surface area contributed by atoms with Crippen molar-refractivity contribution < 1.29 is 16.8 Å². The first-order valence-electron chi connectivity index (χ1n) is 6.44. The SMILES string of the molecule is CC1CC(C)NS(=O)(=O)N(c2ccc(S(=O)(=O)Cl)cc2)C1. The second kappa shape index (κ2) is 5.75. The van der Waals surface area contributed by atoms with E-state index < -0.39 is 19.3 Å². The molecule has 1 aromatic rings. The van der Waals surface area contributed by atoms with Crippen LogP contribution in [0, 0.1) is 5.92 Å². The molecule has 0 aliphatic carbocycles. The molecule has 2 rings (SSSR count). The van der Waals surface area contributed by atoms with E-state index in [9.17, 15) is 16.8 Å². The summed E-state index contributed by atoms with van der Waals surface area (Å²) >= 11 is 0. The highest BCUT2D eigenvalue weighted by atomic mass is 35.7. The Bertz CT molecular complexity index is 716. The lowest BCUT2D eigenvalue weighted by Gasteiger charge is -2.24. The first-order chi connectivity index (χ1) is 9.59. The number of hydrogen-bond acceptors (Lipinski definition) is 4. The summed E-state index contributed by atoms with van der Waals surface area (Å²) in [5.41, 5.74) is 0.410. The molecule has 2 atom stereocenters. The van der Waals surface area contributed by atoms with Crippen LogP contribution in [0.5, 0.6) is 0 Å². The predicted octanol–water partition coefficient (Wildman–Crippen LogP) is 1.68. The van der Waals surface area contributed by atoms with Crippen LogP contribution in [0.3, 0.4) is 0 Å². The van der Waals surface area contributed by atoms with Crippen LogP contribution >= 0.6 is 10.7 Å². The van der Waals surface area contributed by atoms with E-state index >= 15 is 0 Å². The Morgan fingerprint density at radius 2 is 1.81 bits per heavy atom. The molecule has 0 amide bonds. The van der Waals surface area contributed by atoms with Crippen LogP contribution in [0.25, 0.3) is 0 Å². The highest BCUT2D eigenvalue weighted by Gasteiger charge is 2.30. The van der Waals surface area contributed by atoms with E-state index in [0.717, 1.165) is 6.42 Å². The number of nitrogens with zero attached hydrogens (tertiary/aromatic N) is 1. The van der Waals surface area contributed by atoms with Crippen LogP contribution in [-0.2, 0) is 19.3 Å². The molecule has 21 heavy (non-hydrogen) atoms. The van der Waals surface area contributed by atoms with Crippen molar-refractivity contribution in [3.63, 3.8) is 0 Å². The van der Waals surface area contributed by atoms with Gasteiger partial charge in [0, 0.05) is 23.3 Å². The predicted molar refractivity (Wildman–Crippen MR) is 82.1 cm³/mol. The molecule has 0 spiro atoms. The summed E-state index contributed by atoms with van der Waals surface area (Å²) in [6.45, 7) is 4.14. The van der Waals surface area contributed by atoms with Crippen molar-refractivity contribution in [2.75, 3.05) is 10.8 Å². The van der Waals surface area contributed by atoms with E-state index in [2.05, 4.69) is 4.72 Å². The van der Waals surface area contributed by atoms with Crippen molar-refractivity contribution in [3.8, 4) is 0 Å². The topological polar surface area (TPSA) is 83.6 Å². The van der Waals surface area contributed by atoms with Crippen molar-refractivity contribution in [1.82, 2.24) is 4.72 Å². The molecule has 1 saturated heterocycles. The summed E-state index contributed by atoms with van der Waals surface area (Å²) in [4.78, 5) is -0.0606. The molecular formula is C12H17ClN2O4S2. The van der Waals surface area contributed by atoms with Crippen LogP contribution in [0.4, 0.5) is 5.69 Å². The number of benzene rings is 1. The minimum absolute atomic E-state index is 0.0606. The van der Waals surface area contributed by atoms with E-state index in [-0.39, 0.29) is 16.9 Å². The van der Waals surface area contributed by atoms with Crippen LogP contribution in [0.2, 0.25) is 0 Å². The van der Waals surface area contributed by atoms with E-state index in [1.807, 2.05) is 13.8 Å². The average molecular weight is 353 g/mol. The highest BCUT2D eigenvalue weighted by Crippen LogP contribution is 2.26. The third kappa shape index (κ3) is 3.88. The second-order valence-corrected chi connectivity index (χ2v) is 9.52. The quantitative estimate of drug-likeness (QED) is 0.821. The molecule has 1 N–H and O–H groups in total. The minimum Gasteiger partial charge on any atom is -0.258 e. The fourth-order valence-corrected chi connectivity index (χ4v) is 4.80. The first-order valence-corrected chi connectivity index (χ1v) is 10.2. The van der Waals surface area contributed by atoms with Gasteiger partial charge in [0.2, 0.25) is 0 Å². The summed E-state index contributed by atoms with van der Waals surface area (Å²) in [7, 11) is -2.21. The van der Waals surface area contributed by atoms with Crippen molar-refractivity contribution in [2.24, 2.45) is 5.92 Å². The zero-order chi connectivity index (χ0) is 15.8. The zero-order valence-electron chi connectivity index (χ0n) is 11.7.